The predicted molar refractivity (Wildman–Crippen MR) is 289 cm³/mol. The summed E-state index contributed by atoms with van der Waals surface area (Å²) in [5.41, 5.74) is 14.2. The molecule has 0 unspecified atom stereocenters. The Kier molecular flexibility index (Phi) is 9.14. The SMILES string of the molecule is c1ccc(-c2ccc(-c3c(-n4c5ccccc5c5cc6ccccc6cc54)ccc(-c4nc(-c5ccc6ccccc6c5)nc(-c5ccc6oc7ccccc7c6c5)n4)c3-c3ccccc3)cc2)cc1. The Labute approximate surface area is 403 Å². The zero-order valence-electron chi connectivity index (χ0n) is 37.8. The molecule has 3 aromatic heterocycles. The van der Waals surface area contributed by atoms with Gasteiger partial charge in [0.1, 0.15) is 11.2 Å². The molecule has 0 aliphatic rings. The number of nitrogens with zero attached hydrogens (tertiary/aromatic N) is 4. The number of fused-ring (bicyclic) bond motifs is 8. The van der Waals surface area contributed by atoms with Gasteiger partial charge in [0.2, 0.25) is 0 Å². The van der Waals surface area contributed by atoms with Crippen LogP contribution in [0.3, 0.4) is 0 Å². The summed E-state index contributed by atoms with van der Waals surface area (Å²) in [5.74, 6) is 1.74. The van der Waals surface area contributed by atoms with E-state index in [0.29, 0.717) is 17.5 Å². The van der Waals surface area contributed by atoms with Crippen molar-refractivity contribution in [2.24, 2.45) is 0 Å². The highest BCUT2D eigenvalue weighted by Gasteiger charge is 2.25. The zero-order valence-corrected chi connectivity index (χ0v) is 37.8. The van der Waals surface area contributed by atoms with Crippen LogP contribution in [0.2, 0.25) is 0 Å². The third kappa shape index (κ3) is 6.59. The first-order chi connectivity index (χ1) is 34.7. The summed E-state index contributed by atoms with van der Waals surface area (Å²) in [7, 11) is 0. The molecule has 0 amide bonds. The Hall–Kier alpha value is -9.45. The van der Waals surface area contributed by atoms with Gasteiger partial charge in [-0.15, -0.1) is 0 Å². The van der Waals surface area contributed by atoms with E-state index in [-0.39, 0.29) is 0 Å². The van der Waals surface area contributed by atoms with Gasteiger partial charge in [-0.3, -0.25) is 0 Å². The quantitative estimate of drug-likeness (QED) is 0.160. The Morgan fingerprint density at radius 3 is 1.59 bits per heavy atom. The molecule has 14 aromatic rings. The minimum Gasteiger partial charge on any atom is -0.456 e. The molecule has 0 fully saturated rings. The molecule has 0 spiro atoms. The van der Waals surface area contributed by atoms with Crippen molar-refractivity contribution < 1.29 is 4.42 Å². The standard InChI is InChI=1S/C65H40N4O/c1-3-15-41(16-4-1)43-27-30-45(31-28-43)62-57(69-56-25-13-11-23-51(56)54-38-47-21-9-10-22-48(47)40-58(54)69)35-34-53(61(62)44-18-5-2-6-19-44)65-67-63(49-32-29-42-17-7-8-20-46(42)37-49)66-64(68-65)50-33-36-60-55(39-50)52-24-12-14-26-59(52)70-60/h1-40H. The summed E-state index contributed by atoms with van der Waals surface area (Å²) in [4.78, 5) is 16.2. The molecule has 0 N–H and O–H groups in total. The van der Waals surface area contributed by atoms with Crippen molar-refractivity contribution in [3.05, 3.63) is 243 Å². The molecule has 0 saturated heterocycles. The summed E-state index contributed by atoms with van der Waals surface area (Å²) >= 11 is 0. The van der Waals surface area contributed by atoms with Crippen LogP contribution in [0.5, 0.6) is 0 Å². The minimum absolute atomic E-state index is 0.575. The summed E-state index contributed by atoms with van der Waals surface area (Å²) in [6, 6.07) is 86.1. The lowest BCUT2D eigenvalue weighted by Crippen LogP contribution is -2.04. The van der Waals surface area contributed by atoms with E-state index < -0.39 is 0 Å². The number of rotatable bonds is 7. The van der Waals surface area contributed by atoms with Gasteiger partial charge in [0.25, 0.3) is 0 Å². The van der Waals surface area contributed by atoms with Gasteiger partial charge < -0.3 is 8.98 Å². The fourth-order valence-electron chi connectivity index (χ4n) is 10.5. The second-order valence-electron chi connectivity index (χ2n) is 17.9. The van der Waals surface area contributed by atoms with Crippen molar-refractivity contribution >= 4 is 65.3 Å². The topological polar surface area (TPSA) is 56.7 Å². The lowest BCUT2D eigenvalue weighted by Gasteiger charge is -2.22. The highest BCUT2D eigenvalue weighted by atomic mass is 16.3. The number of hydrogen-bond donors (Lipinski definition) is 0. The fourth-order valence-corrected chi connectivity index (χ4v) is 10.5. The molecule has 0 saturated carbocycles. The van der Waals surface area contributed by atoms with Gasteiger partial charge in [-0.1, -0.05) is 182 Å². The molecule has 3 heterocycles. The van der Waals surface area contributed by atoms with E-state index in [1.165, 1.54) is 27.1 Å². The normalized spacial score (nSPS) is 11.7. The monoisotopic (exact) mass is 892 g/mol. The molecule has 5 heteroatoms. The molecular formula is C65H40N4O. The smallest absolute Gasteiger partial charge is 0.164 e. The Balaban J connectivity index is 1.08. The molecule has 0 bridgehead atoms. The van der Waals surface area contributed by atoms with E-state index in [0.717, 1.165) is 93.9 Å². The van der Waals surface area contributed by atoms with Crippen molar-refractivity contribution in [3.8, 4) is 73.2 Å². The van der Waals surface area contributed by atoms with Crippen LogP contribution >= 0.6 is 0 Å². The molecule has 14 rings (SSSR count). The maximum atomic E-state index is 6.28. The van der Waals surface area contributed by atoms with E-state index in [1.54, 1.807) is 0 Å². The molecule has 70 heavy (non-hydrogen) atoms. The lowest BCUT2D eigenvalue weighted by molar-refractivity contribution is 0.669. The van der Waals surface area contributed by atoms with E-state index in [9.17, 15) is 0 Å². The highest BCUT2D eigenvalue weighted by molar-refractivity contribution is 6.15. The van der Waals surface area contributed by atoms with E-state index in [2.05, 4.69) is 223 Å². The van der Waals surface area contributed by atoms with E-state index in [4.69, 9.17) is 19.4 Å². The highest BCUT2D eigenvalue weighted by Crippen LogP contribution is 2.47. The summed E-state index contributed by atoms with van der Waals surface area (Å²) < 4.78 is 8.74. The molecule has 0 aliphatic heterocycles. The van der Waals surface area contributed by atoms with Crippen LogP contribution in [0.1, 0.15) is 0 Å². The van der Waals surface area contributed by atoms with E-state index in [1.807, 2.05) is 24.3 Å². The summed E-state index contributed by atoms with van der Waals surface area (Å²) in [6.07, 6.45) is 0. The first kappa shape index (κ1) is 39.7. The summed E-state index contributed by atoms with van der Waals surface area (Å²) in [5, 5.41) is 9.13. The third-order valence-electron chi connectivity index (χ3n) is 13.8. The first-order valence-corrected chi connectivity index (χ1v) is 23.7. The van der Waals surface area contributed by atoms with Crippen LogP contribution in [0.25, 0.3) is 139 Å². The molecular weight excluding hydrogens is 853 g/mol. The van der Waals surface area contributed by atoms with Crippen LogP contribution in [-0.4, -0.2) is 19.5 Å². The maximum absolute atomic E-state index is 6.28. The van der Waals surface area contributed by atoms with Crippen LogP contribution in [-0.2, 0) is 0 Å². The van der Waals surface area contributed by atoms with Crippen LogP contribution in [0.4, 0.5) is 0 Å². The van der Waals surface area contributed by atoms with Crippen molar-refractivity contribution in [3.63, 3.8) is 0 Å². The number of para-hydroxylation sites is 2. The number of benzene rings is 11. The number of furan rings is 1. The number of hydrogen-bond acceptors (Lipinski definition) is 4. The molecule has 326 valence electrons. The van der Waals surface area contributed by atoms with Crippen LogP contribution < -0.4 is 0 Å². The first-order valence-electron chi connectivity index (χ1n) is 23.7. The van der Waals surface area contributed by atoms with Crippen LogP contribution in [0, 0.1) is 0 Å². The average Bonchev–Trinajstić information content (AvgIpc) is 3.97. The minimum atomic E-state index is 0.575. The van der Waals surface area contributed by atoms with Gasteiger partial charge in [0.05, 0.1) is 16.7 Å². The van der Waals surface area contributed by atoms with Gasteiger partial charge in [-0.2, -0.15) is 0 Å². The van der Waals surface area contributed by atoms with Crippen molar-refractivity contribution in [1.29, 1.82) is 0 Å². The Bertz CT molecular complexity index is 4340. The van der Waals surface area contributed by atoms with E-state index >= 15 is 0 Å². The Morgan fingerprint density at radius 1 is 0.286 bits per heavy atom. The summed E-state index contributed by atoms with van der Waals surface area (Å²) in [6.45, 7) is 0. The fraction of sp³-hybridized carbons (Fsp3) is 0. The largest absolute Gasteiger partial charge is 0.456 e. The van der Waals surface area contributed by atoms with Gasteiger partial charge in [-0.25, -0.2) is 15.0 Å². The van der Waals surface area contributed by atoms with Crippen LogP contribution in [0.15, 0.2) is 247 Å². The van der Waals surface area contributed by atoms with Gasteiger partial charge >= 0.3 is 0 Å². The molecule has 11 aromatic carbocycles. The predicted octanol–water partition coefficient (Wildman–Crippen LogP) is 17.2. The zero-order chi connectivity index (χ0) is 46.1. The van der Waals surface area contributed by atoms with Crippen molar-refractivity contribution in [2.75, 3.05) is 0 Å². The van der Waals surface area contributed by atoms with Crippen molar-refractivity contribution in [2.45, 2.75) is 0 Å². The molecule has 0 radical (unpaired) electrons. The molecule has 0 atom stereocenters. The second kappa shape index (κ2) is 16.1. The number of aromatic nitrogens is 4. The maximum Gasteiger partial charge on any atom is 0.164 e. The lowest BCUT2D eigenvalue weighted by atomic mass is 9.87. The van der Waals surface area contributed by atoms with Gasteiger partial charge in [0.15, 0.2) is 17.5 Å². The van der Waals surface area contributed by atoms with Gasteiger partial charge in [0, 0.05) is 49.4 Å². The van der Waals surface area contributed by atoms with Gasteiger partial charge in [-0.05, 0) is 104 Å². The third-order valence-corrected chi connectivity index (χ3v) is 13.8. The second-order valence-corrected chi connectivity index (χ2v) is 17.9. The average molecular weight is 893 g/mol. The molecule has 0 aliphatic carbocycles. The Morgan fingerprint density at radius 2 is 0.814 bits per heavy atom. The molecule has 5 nitrogen and oxygen atoms in total. The van der Waals surface area contributed by atoms with Crippen molar-refractivity contribution in [1.82, 2.24) is 19.5 Å².